The predicted molar refractivity (Wildman–Crippen MR) is 159 cm³/mol. The van der Waals surface area contributed by atoms with E-state index >= 15 is 4.39 Å². The van der Waals surface area contributed by atoms with Gasteiger partial charge in [-0.3, -0.25) is 9.59 Å². The molecule has 1 spiro atoms. The molecule has 1 aromatic carbocycles. The first-order valence-electron chi connectivity index (χ1n) is 16.4. The zero-order valence-electron chi connectivity index (χ0n) is 26.5. The molecule has 7 rings (SSSR count). The Hall–Kier alpha value is -2.04. The van der Waals surface area contributed by atoms with Crippen LogP contribution in [0, 0.1) is 56.1 Å². The molecule has 0 N–H and O–H groups in total. The minimum absolute atomic E-state index is 0.00849. The van der Waals surface area contributed by atoms with Gasteiger partial charge in [0.2, 0.25) is 0 Å². The summed E-state index contributed by atoms with van der Waals surface area (Å²) >= 11 is 0. The van der Waals surface area contributed by atoms with E-state index in [2.05, 4.69) is 34.6 Å². The summed E-state index contributed by atoms with van der Waals surface area (Å²) in [6.07, 6.45) is 7.32. The Balaban J connectivity index is 1.35. The average molecular weight is 579 g/mol. The SMILES string of the molecule is CC1(C)CC[C@@]23CC[C@]4(C)[C@](OC2=O)([C@H](F)C[C@@H]2[C@@]5(C)C/C(=C\c6ccccc6F)C(=O)C(C)(C)[C@@H]5CC[C@]24C)[C@@H]3C1. The van der Waals surface area contributed by atoms with E-state index in [1.807, 2.05) is 13.8 Å². The number of Topliss-reactive ketones (excluding diaryl/α,β-unsaturated/α-hetero) is 1. The minimum atomic E-state index is -1.25. The number of halogens is 2. The molecule has 0 amide bonds. The lowest BCUT2D eigenvalue weighted by atomic mass is 9.30. The summed E-state index contributed by atoms with van der Waals surface area (Å²) in [5.41, 5.74) is -2.27. The molecule has 6 aliphatic rings. The molecule has 0 radical (unpaired) electrons. The van der Waals surface area contributed by atoms with Crippen LogP contribution in [0.3, 0.4) is 0 Å². The number of hydrogen-bond acceptors (Lipinski definition) is 3. The molecule has 2 bridgehead atoms. The second kappa shape index (κ2) is 8.36. The van der Waals surface area contributed by atoms with E-state index in [1.54, 1.807) is 24.3 Å². The second-order valence-corrected chi connectivity index (χ2v) is 17.3. The Morgan fingerprint density at radius 3 is 2.29 bits per heavy atom. The number of benzene rings is 1. The van der Waals surface area contributed by atoms with Crippen molar-refractivity contribution in [2.24, 2.45) is 50.2 Å². The Kier molecular flexibility index (Phi) is 5.71. The highest BCUT2D eigenvalue weighted by Gasteiger charge is 2.84. The second-order valence-electron chi connectivity index (χ2n) is 17.3. The molecule has 1 aliphatic heterocycles. The largest absolute Gasteiger partial charge is 0.455 e. The Bertz CT molecular complexity index is 1410. The van der Waals surface area contributed by atoms with Crippen molar-refractivity contribution in [1.29, 1.82) is 0 Å². The fourth-order valence-corrected chi connectivity index (χ4v) is 12.5. The number of ketones is 1. The third kappa shape index (κ3) is 3.17. The molecule has 0 unspecified atom stereocenters. The van der Waals surface area contributed by atoms with Crippen molar-refractivity contribution >= 4 is 17.8 Å². The molecular formula is C37H48F2O3. The highest BCUT2D eigenvalue weighted by molar-refractivity contribution is 6.04. The minimum Gasteiger partial charge on any atom is -0.455 e. The van der Waals surface area contributed by atoms with Gasteiger partial charge in [-0.25, -0.2) is 8.78 Å². The highest BCUT2D eigenvalue weighted by Crippen LogP contribution is 2.81. The Morgan fingerprint density at radius 2 is 1.57 bits per heavy atom. The van der Waals surface area contributed by atoms with Crippen molar-refractivity contribution in [3.8, 4) is 0 Å². The van der Waals surface area contributed by atoms with Gasteiger partial charge in [-0.05, 0) is 104 Å². The fourth-order valence-electron chi connectivity index (χ4n) is 12.5. The van der Waals surface area contributed by atoms with Crippen molar-refractivity contribution in [2.75, 3.05) is 0 Å². The maximum absolute atomic E-state index is 17.5. The van der Waals surface area contributed by atoms with Crippen molar-refractivity contribution in [2.45, 2.75) is 118 Å². The highest BCUT2D eigenvalue weighted by atomic mass is 19.1. The third-order valence-electron chi connectivity index (χ3n) is 14.8. The van der Waals surface area contributed by atoms with E-state index in [4.69, 9.17) is 4.74 Å². The first-order valence-corrected chi connectivity index (χ1v) is 16.4. The lowest BCUT2D eigenvalue weighted by Gasteiger charge is -2.74. The number of esters is 1. The molecule has 6 fully saturated rings. The van der Waals surface area contributed by atoms with Crippen LogP contribution in [-0.4, -0.2) is 23.5 Å². The maximum Gasteiger partial charge on any atom is 0.313 e. The van der Waals surface area contributed by atoms with Crippen molar-refractivity contribution in [3.63, 3.8) is 0 Å². The van der Waals surface area contributed by atoms with Gasteiger partial charge in [-0.15, -0.1) is 0 Å². The van der Waals surface area contributed by atoms with E-state index < -0.39 is 28.0 Å². The number of carbonyl (C=O) groups excluding carboxylic acids is 2. The van der Waals surface area contributed by atoms with Gasteiger partial charge in [0.1, 0.15) is 12.0 Å². The molecule has 5 aliphatic carbocycles. The molecule has 1 aromatic rings. The normalized spacial score (nSPS) is 49.4. The molecule has 228 valence electrons. The lowest BCUT2D eigenvalue weighted by Crippen LogP contribution is -2.75. The van der Waals surface area contributed by atoms with E-state index in [9.17, 15) is 14.0 Å². The van der Waals surface area contributed by atoms with Gasteiger partial charge in [0.25, 0.3) is 0 Å². The van der Waals surface area contributed by atoms with Crippen LogP contribution in [0.25, 0.3) is 6.08 Å². The van der Waals surface area contributed by atoms with Gasteiger partial charge in [0, 0.05) is 22.3 Å². The number of rotatable bonds is 1. The molecule has 1 heterocycles. The summed E-state index contributed by atoms with van der Waals surface area (Å²) in [6.45, 7) is 15.5. The topological polar surface area (TPSA) is 43.4 Å². The first kappa shape index (κ1) is 28.7. The number of alkyl halides is 1. The van der Waals surface area contributed by atoms with Crippen LogP contribution in [0.4, 0.5) is 8.78 Å². The van der Waals surface area contributed by atoms with Gasteiger partial charge < -0.3 is 4.74 Å². The molecule has 5 saturated carbocycles. The summed E-state index contributed by atoms with van der Waals surface area (Å²) in [7, 11) is 0. The van der Waals surface area contributed by atoms with Crippen LogP contribution in [0.2, 0.25) is 0 Å². The van der Waals surface area contributed by atoms with Gasteiger partial charge in [0.05, 0.1) is 5.41 Å². The first-order chi connectivity index (χ1) is 19.5. The van der Waals surface area contributed by atoms with Crippen LogP contribution in [0.1, 0.15) is 112 Å². The van der Waals surface area contributed by atoms with Crippen molar-refractivity contribution in [1.82, 2.24) is 0 Å². The van der Waals surface area contributed by atoms with Crippen LogP contribution in [-0.2, 0) is 14.3 Å². The van der Waals surface area contributed by atoms with Gasteiger partial charge in [-0.1, -0.05) is 66.7 Å². The van der Waals surface area contributed by atoms with Gasteiger partial charge in [-0.2, -0.15) is 0 Å². The quantitative estimate of drug-likeness (QED) is 0.247. The average Bonchev–Trinajstić information content (AvgIpc) is 3.10. The molecular weight excluding hydrogens is 530 g/mol. The molecule has 3 nitrogen and oxygen atoms in total. The number of carbonyl (C=O) groups is 2. The summed E-state index contributed by atoms with van der Waals surface area (Å²) in [5, 5.41) is 0. The van der Waals surface area contributed by atoms with E-state index in [1.165, 1.54) is 6.07 Å². The molecule has 42 heavy (non-hydrogen) atoms. The fraction of sp³-hybridized carbons (Fsp3) is 0.730. The van der Waals surface area contributed by atoms with Crippen LogP contribution < -0.4 is 0 Å². The monoisotopic (exact) mass is 578 g/mol. The van der Waals surface area contributed by atoms with E-state index in [0.717, 1.165) is 44.9 Å². The predicted octanol–water partition coefficient (Wildman–Crippen LogP) is 8.90. The standard InChI is InChI=1S/C37H48F2O3/c1-31(2)14-16-36-17-15-35(7)34(6)13-12-25-32(3,4)29(40)23(18-22-10-8-9-11-24(22)38)20-33(25,5)26(34)19-28(39)37(35,27(36)21-31)42-30(36)41/h8-11,18,25-28H,12-17,19-21H2,1-7H3/b23-18+/t25-,26+,27+,28+,33-,34+,35-,36-,37+/m0/s1. The summed E-state index contributed by atoms with van der Waals surface area (Å²) in [6, 6.07) is 6.61. The smallest absolute Gasteiger partial charge is 0.313 e. The Labute approximate surface area is 250 Å². The van der Waals surface area contributed by atoms with Crippen LogP contribution in [0.15, 0.2) is 29.8 Å². The van der Waals surface area contributed by atoms with E-state index in [-0.39, 0.29) is 51.6 Å². The lowest BCUT2D eigenvalue weighted by molar-refractivity contribution is -0.299. The Morgan fingerprint density at radius 1 is 0.881 bits per heavy atom. The van der Waals surface area contributed by atoms with Crippen molar-refractivity contribution in [3.05, 3.63) is 41.2 Å². The zero-order chi connectivity index (χ0) is 30.3. The number of ether oxygens (including phenoxy) is 1. The van der Waals surface area contributed by atoms with Gasteiger partial charge >= 0.3 is 5.97 Å². The van der Waals surface area contributed by atoms with E-state index in [0.29, 0.717) is 24.0 Å². The summed E-state index contributed by atoms with van der Waals surface area (Å²) < 4.78 is 38.8. The number of hydrogen-bond donors (Lipinski definition) is 0. The zero-order valence-corrected chi connectivity index (χ0v) is 26.5. The molecule has 5 heteroatoms. The summed E-state index contributed by atoms with van der Waals surface area (Å²) in [4.78, 5) is 27.8. The third-order valence-corrected chi connectivity index (χ3v) is 14.8. The maximum atomic E-state index is 17.5. The van der Waals surface area contributed by atoms with Crippen LogP contribution in [0.5, 0.6) is 0 Å². The number of fused-ring (bicyclic) bond motifs is 4. The van der Waals surface area contributed by atoms with Gasteiger partial charge in [0.15, 0.2) is 11.4 Å². The number of allylic oxidation sites excluding steroid dienone is 1. The van der Waals surface area contributed by atoms with Crippen molar-refractivity contribution < 1.29 is 23.1 Å². The molecule has 1 saturated heterocycles. The molecule has 0 aromatic heterocycles. The summed E-state index contributed by atoms with van der Waals surface area (Å²) in [5.74, 6) is -0.384. The molecule has 9 atom stereocenters. The van der Waals surface area contributed by atoms with Crippen LogP contribution >= 0.6 is 0 Å².